The van der Waals surface area contributed by atoms with Crippen LogP contribution in [0.3, 0.4) is 0 Å². The number of carbonyl (C=O) groups is 1. The van der Waals surface area contributed by atoms with Gasteiger partial charge in [-0.15, -0.1) is 0 Å². The Hall–Kier alpha value is -4.25. The number of ether oxygens (including phenoxy) is 2. The highest BCUT2D eigenvalue weighted by atomic mass is 32.1. The molecule has 40 heavy (non-hydrogen) atoms. The normalized spacial score (nSPS) is 17.3. The van der Waals surface area contributed by atoms with Gasteiger partial charge in [-0.25, -0.2) is 9.79 Å². The van der Waals surface area contributed by atoms with E-state index in [1.807, 2.05) is 12.1 Å². The van der Waals surface area contributed by atoms with Crippen molar-refractivity contribution in [2.75, 3.05) is 31.7 Å². The molecule has 0 bridgehead atoms. The molecule has 0 amide bonds. The number of esters is 1. The number of thiazole rings is 1. The maximum Gasteiger partial charge on any atom is 0.338 e. The predicted molar refractivity (Wildman–Crippen MR) is 153 cm³/mol. The van der Waals surface area contributed by atoms with E-state index in [0.29, 0.717) is 31.9 Å². The molecule has 0 unspecified atom stereocenters. The van der Waals surface area contributed by atoms with Crippen LogP contribution in [0.2, 0.25) is 0 Å². The van der Waals surface area contributed by atoms with E-state index in [1.54, 1.807) is 45.2 Å². The number of allylic oxidation sites excluding steroid dienone is 1. The summed E-state index contributed by atoms with van der Waals surface area (Å²) in [6, 6.07) is 11.2. The van der Waals surface area contributed by atoms with Crippen LogP contribution in [0.15, 0.2) is 63.5 Å². The number of methoxy groups -OCH3 is 1. The second kappa shape index (κ2) is 11.5. The summed E-state index contributed by atoms with van der Waals surface area (Å²) in [6.07, 6.45) is 4.92. The molecule has 3 heterocycles. The SMILES string of the molecule is CCOC(=O)C1=C(C)N=c2s/c(=C/c3cc([N+](=O)[O-])ccc3N3CCCCC3)c(=O)n2[C@H]1c1ccc(OC)cc1. The number of non-ortho nitro benzene ring substituents is 1. The standard InChI is InChI=1S/C29H30N4O6S/c1-4-39-28(35)25-18(2)30-29-32(26(25)19-8-11-22(38-3)12-9-19)27(34)24(40-29)17-20-16-21(33(36)37)10-13-23(20)31-14-6-5-7-15-31/h8-13,16-17,26H,4-7,14-15H2,1-3H3/b24-17+/t26-/m0/s1. The molecule has 208 valence electrons. The van der Waals surface area contributed by atoms with E-state index in [-0.39, 0.29) is 23.4 Å². The van der Waals surface area contributed by atoms with Crippen molar-refractivity contribution in [3.8, 4) is 5.75 Å². The number of nitro groups is 1. The van der Waals surface area contributed by atoms with Crippen LogP contribution in [-0.2, 0) is 9.53 Å². The van der Waals surface area contributed by atoms with Crippen LogP contribution < -0.4 is 24.5 Å². The average molecular weight is 563 g/mol. The van der Waals surface area contributed by atoms with Gasteiger partial charge in [0.25, 0.3) is 11.2 Å². The van der Waals surface area contributed by atoms with Crippen LogP contribution in [0.5, 0.6) is 5.75 Å². The van der Waals surface area contributed by atoms with E-state index in [4.69, 9.17) is 9.47 Å². The van der Waals surface area contributed by atoms with Gasteiger partial charge < -0.3 is 14.4 Å². The minimum Gasteiger partial charge on any atom is -0.497 e. The quantitative estimate of drug-likeness (QED) is 0.245. The molecule has 5 rings (SSSR count). The molecule has 10 nitrogen and oxygen atoms in total. The average Bonchev–Trinajstić information content (AvgIpc) is 3.26. The maximum atomic E-state index is 14.0. The summed E-state index contributed by atoms with van der Waals surface area (Å²) in [5.41, 5.74) is 2.53. The summed E-state index contributed by atoms with van der Waals surface area (Å²) in [5, 5.41) is 11.6. The van der Waals surface area contributed by atoms with Gasteiger partial charge in [-0.1, -0.05) is 23.5 Å². The lowest BCUT2D eigenvalue weighted by molar-refractivity contribution is -0.384. The van der Waals surface area contributed by atoms with Gasteiger partial charge in [0, 0.05) is 36.5 Å². The van der Waals surface area contributed by atoms with Crippen LogP contribution in [0.1, 0.15) is 50.3 Å². The topological polar surface area (TPSA) is 116 Å². The number of aromatic nitrogens is 1. The number of benzene rings is 2. The number of nitrogens with zero attached hydrogens (tertiary/aromatic N) is 4. The second-order valence-corrected chi connectivity index (χ2v) is 10.6. The number of fused-ring (bicyclic) bond motifs is 1. The zero-order valence-corrected chi connectivity index (χ0v) is 23.4. The number of hydrogen-bond donors (Lipinski definition) is 0. The fraction of sp³-hybridized carbons (Fsp3) is 0.345. The van der Waals surface area contributed by atoms with Gasteiger partial charge in [0.2, 0.25) is 0 Å². The molecule has 2 aromatic carbocycles. The summed E-state index contributed by atoms with van der Waals surface area (Å²) in [5.74, 6) is 0.107. The Kier molecular flexibility index (Phi) is 7.83. The highest BCUT2D eigenvalue weighted by Gasteiger charge is 2.33. The fourth-order valence-corrected chi connectivity index (χ4v) is 6.27. The van der Waals surface area contributed by atoms with Gasteiger partial charge in [-0.3, -0.25) is 19.5 Å². The van der Waals surface area contributed by atoms with E-state index < -0.39 is 16.9 Å². The number of nitro benzene ring substituents is 1. The van der Waals surface area contributed by atoms with Gasteiger partial charge in [0.15, 0.2) is 4.80 Å². The lowest BCUT2D eigenvalue weighted by Gasteiger charge is -2.30. The van der Waals surface area contributed by atoms with Crippen LogP contribution in [0.25, 0.3) is 6.08 Å². The van der Waals surface area contributed by atoms with Crippen molar-refractivity contribution in [1.82, 2.24) is 4.57 Å². The third kappa shape index (κ3) is 5.16. The smallest absolute Gasteiger partial charge is 0.338 e. The first kappa shape index (κ1) is 27.3. The minimum absolute atomic E-state index is 0.0451. The molecule has 0 aliphatic carbocycles. The number of rotatable bonds is 7. The third-order valence-corrected chi connectivity index (χ3v) is 8.14. The molecule has 2 aliphatic rings. The van der Waals surface area contributed by atoms with Crippen molar-refractivity contribution in [3.63, 3.8) is 0 Å². The van der Waals surface area contributed by atoms with Crippen molar-refractivity contribution < 1.29 is 19.2 Å². The number of anilines is 1. The molecule has 1 fully saturated rings. The van der Waals surface area contributed by atoms with Gasteiger partial charge >= 0.3 is 5.97 Å². The summed E-state index contributed by atoms with van der Waals surface area (Å²) >= 11 is 1.19. The van der Waals surface area contributed by atoms with Gasteiger partial charge in [-0.05, 0) is 62.9 Å². The summed E-state index contributed by atoms with van der Waals surface area (Å²) in [7, 11) is 1.57. The number of piperidine rings is 1. The van der Waals surface area contributed by atoms with Crippen LogP contribution >= 0.6 is 11.3 Å². The Morgan fingerprint density at radius 1 is 1.18 bits per heavy atom. The van der Waals surface area contributed by atoms with E-state index >= 15 is 0 Å². The van der Waals surface area contributed by atoms with Crippen molar-refractivity contribution in [3.05, 3.63) is 94.7 Å². The Balaban J connectivity index is 1.70. The first-order valence-corrected chi connectivity index (χ1v) is 14.0. The monoisotopic (exact) mass is 562 g/mol. The maximum absolute atomic E-state index is 14.0. The second-order valence-electron chi connectivity index (χ2n) is 9.62. The molecule has 3 aromatic rings. The van der Waals surface area contributed by atoms with E-state index in [1.165, 1.54) is 28.0 Å². The largest absolute Gasteiger partial charge is 0.497 e. The van der Waals surface area contributed by atoms with E-state index in [0.717, 1.165) is 38.0 Å². The zero-order chi connectivity index (χ0) is 28.4. The Bertz CT molecular complexity index is 1670. The summed E-state index contributed by atoms with van der Waals surface area (Å²) in [6.45, 7) is 5.33. The van der Waals surface area contributed by atoms with Gasteiger partial charge in [0.05, 0.1) is 40.5 Å². The summed E-state index contributed by atoms with van der Waals surface area (Å²) in [4.78, 5) is 45.5. The van der Waals surface area contributed by atoms with Crippen molar-refractivity contribution in [1.29, 1.82) is 0 Å². The van der Waals surface area contributed by atoms with E-state index in [2.05, 4.69) is 9.89 Å². The van der Waals surface area contributed by atoms with Crippen LogP contribution in [0.4, 0.5) is 11.4 Å². The number of carbonyl (C=O) groups excluding carboxylic acids is 1. The molecule has 0 saturated carbocycles. The zero-order valence-electron chi connectivity index (χ0n) is 22.6. The lowest BCUT2D eigenvalue weighted by atomic mass is 9.96. The first-order valence-electron chi connectivity index (χ1n) is 13.2. The van der Waals surface area contributed by atoms with Crippen molar-refractivity contribution in [2.24, 2.45) is 4.99 Å². The molecule has 1 aromatic heterocycles. The van der Waals surface area contributed by atoms with Crippen LogP contribution in [-0.4, -0.2) is 42.3 Å². The first-order chi connectivity index (χ1) is 19.3. The molecule has 11 heteroatoms. The Morgan fingerprint density at radius 3 is 2.55 bits per heavy atom. The fourth-order valence-electron chi connectivity index (χ4n) is 5.23. The Morgan fingerprint density at radius 2 is 1.90 bits per heavy atom. The molecule has 0 radical (unpaired) electrons. The third-order valence-electron chi connectivity index (χ3n) is 7.15. The molecule has 0 N–H and O–H groups in total. The van der Waals surface area contributed by atoms with Crippen molar-refractivity contribution in [2.45, 2.75) is 39.2 Å². The molecule has 2 aliphatic heterocycles. The van der Waals surface area contributed by atoms with E-state index in [9.17, 15) is 19.7 Å². The molecule has 1 atom stereocenters. The highest BCUT2D eigenvalue weighted by molar-refractivity contribution is 7.07. The lowest BCUT2D eigenvalue weighted by Crippen LogP contribution is -2.40. The molecular weight excluding hydrogens is 532 g/mol. The Labute approximate surface area is 234 Å². The predicted octanol–water partition coefficient (Wildman–Crippen LogP) is 3.71. The molecular formula is C29H30N4O6S. The van der Waals surface area contributed by atoms with Gasteiger partial charge in [-0.2, -0.15) is 0 Å². The minimum atomic E-state index is -0.755. The van der Waals surface area contributed by atoms with Crippen molar-refractivity contribution >= 4 is 34.8 Å². The highest BCUT2D eigenvalue weighted by Crippen LogP contribution is 2.32. The summed E-state index contributed by atoms with van der Waals surface area (Å²) < 4.78 is 12.5. The van der Waals surface area contributed by atoms with Crippen LogP contribution in [0, 0.1) is 10.1 Å². The number of hydrogen-bond acceptors (Lipinski definition) is 9. The molecule has 1 saturated heterocycles. The molecule has 0 spiro atoms. The van der Waals surface area contributed by atoms with Gasteiger partial charge in [0.1, 0.15) is 5.75 Å².